The van der Waals surface area contributed by atoms with Crippen molar-refractivity contribution >= 4 is 75.5 Å². The maximum absolute atomic E-state index is 15.6. The molecule has 0 saturated carbocycles. The number of ether oxygens (including phenoxy) is 2. The Morgan fingerprint density at radius 2 is 1.29 bits per heavy atom. The average Bonchev–Trinajstić information content (AvgIpc) is 0.934. The first-order chi connectivity index (χ1) is 40.9. The van der Waals surface area contributed by atoms with Gasteiger partial charge in [-0.15, -0.1) is 41.6 Å². The van der Waals surface area contributed by atoms with Gasteiger partial charge in [0.25, 0.3) is 0 Å². The van der Waals surface area contributed by atoms with Crippen LogP contribution in [0, 0.1) is 20.8 Å². The average molecular weight is 1230 g/mol. The maximum Gasteiger partial charge on any atom is 0.573 e. The van der Waals surface area contributed by atoms with Gasteiger partial charge in [0.15, 0.2) is 16.2 Å². The number of nitrogens with two attached hydrogens (primary N) is 1. The first kappa shape index (κ1) is 62.1. The molecule has 2 fully saturated rings. The summed E-state index contributed by atoms with van der Waals surface area (Å²) in [5.41, 5.74) is 14.3. The SMILES string of the molecule is CCCc1c(C2CS/C(=N\N=C\c3ccc(C(N)=NC=Nc4ccc(OC(F)(F)F)cc4)cc3)N(c3c(C)cc(C)cc3C)C2C)ccc(C(F)(F)F)c1N1/C(=N/N=C/c2ccc(-c3ncn(-c4ccc(OC(F)(F)F)cc4)n3)cc2)SCCC1C. The van der Waals surface area contributed by atoms with E-state index in [0.717, 1.165) is 40.1 Å². The van der Waals surface area contributed by atoms with Crippen molar-refractivity contribution in [1.82, 2.24) is 14.8 Å². The van der Waals surface area contributed by atoms with Crippen LogP contribution in [0.5, 0.6) is 11.5 Å². The number of benzene rings is 6. The standard InChI is InChI=1S/C61H57F9N12O2S2/c1-7-8-50-49(25-26-52(59(62,63)64)54(50)81-39(5)27-28-85-57(81)77-75-32-42-11-15-44(16-12-42)56-74-35-80(79-56)46-19-23-48(24-20-46)84-61(68,69)70)51-33-86-58(82(40(51)6)53-37(3)29-36(2)30-38(53)4)78-76-31-41-9-13-43(14-10-41)55(71)73-34-72-45-17-21-47(22-18-45)83-60(65,66)67/h9-26,29-32,34-35,39-40,51H,7-8,27-28,33H2,1-6H3,(H2,71,72,73)/b75-32+,76-31+,77-57-,78-58-. The van der Waals surface area contributed by atoms with Crippen LogP contribution >= 0.6 is 23.5 Å². The van der Waals surface area contributed by atoms with Crippen molar-refractivity contribution in [3.63, 3.8) is 0 Å². The Labute approximate surface area is 498 Å². The molecule has 7 aromatic rings. The van der Waals surface area contributed by atoms with E-state index in [4.69, 9.17) is 10.8 Å². The summed E-state index contributed by atoms with van der Waals surface area (Å²) < 4.78 is 132. The third-order valence-corrected chi connectivity index (χ3v) is 16.1. The number of amidine groups is 3. The van der Waals surface area contributed by atoms with E-state index in [0.29, 0.717) is 86.1 Å². The number of rotatable bonds is 16. The van der Waals surface area contributed by atoms with Crippen molar-refractivity contribution in [2.24, 2.45) is 36.1 Å². The highest BCUT2D eigenvalue weighted by Gasteiger charge is 2.43. The number of halogens is 9. The Hall–Kier alpha value is -8.45. The normalized spacial score (nSPS) is 18.4. The Morgan fingerprint density at radius 1 is 0.709 bits per heavy atom. The van der Waals surface area contributed by atoms with E-state index in [1.165, 1.54) is 89.6 Å². The van der Waals surface area contributed by atoms with Gasteiger partial charge in [0, 0.05) is 46.3 Å². The second kappa shape index (κ2) is 26.4. The quantitative estimate of drug-likeness (QED) is 0.0431. The second-order valence-corrected chi connectivity index (χ2v) is 22.3. The number of hydrogen-bond acceptors (Lipinski definition) is 11. The van der Waals surface area contributed by atoms with Crippen LogP contribution in [-0.2, 0) is 12.6 Å². The van der Waals surface area contributed by atoms with Gasteiger partial charge in [-0.2, -0.15) is 23.4 Å². The van der Waals surface area contributed by atoms with Crippen LogP contribution in [0.25, 0.3) is 17.1 Å². The van der Waals surface area contributed by atoms with Gasteiger partial charge >= 0.3 is 18.9 Å². The number of anilines is 2. The third kappa shape index (κ3) is 15.3. The first-order valence-electron chi connectivity index (χ1n) is 27.0. The van der Waals surface area contributed by atoms with E-state index >= 15 is 13.2 Å². The molecule has 14 nitrogen and oxygen atoms in total. The van der Waals surface area contributed by atoms with E-state index in [2.05, 4.69) is 68.8 Å². The summed E-state index contributed by atoms with van der Waals surface area (Å²) >= 11 is 2.82. The summed E-state index contributed by atoms with van der Waals surface area (Å²) in [5, 5.41) is 23.8. The molecule has 2 aliphatic heterocycles. The molecular weight excluding hydrogens is 1170 g/mol. The zero-order chi connectivity index (χ0) is 61.5. The molecule has 448 valence electrons. The van der Waals surface area contributed by atoms with Gasteiger partial charge in [-0.25, -0.2) is 19.7 Å². The maximum atomic E-state index is 15.6. The lowest BCUT2D eigenvalue weighted by Crippen LogP contribution is -2.47. The van der Waals surface area contributed by atoms with Crippen LogP contribution in [0.3, 0.4) is 0 Å². The minimum Gasteiger partial charge on any atom is -0.406 e. The van der Waals surface area contributed by atoms with Crippen LogP contribution in [-0.4, -0.2) is 86.0 Å². The van der Waals surface area contributed by atoms with E-state index in [-0.39, 0.29) is 41.0 Å². The van der Waals surface area contributed by atoms with Crippen LogP contribution in [0.4, 0.5) is 56.6 Å². The molecule has 0 aliphatic carbocycles. The van der Waals surface area contributed by atoms with Gasteiger partial charge in [0.1, 0.15) is 30.0 Å². The van der Waals surface area contributed by atoms with Gasteiger partial charge in [0.05, 0.1) is 35.1 Å². The molecule has 0 bridgehead atoms. The number of aliphatic imine (C=N–C) groups is 2. The van der Waals surface area contributed by atoms with E-state index in [1.54, 1.807) is 65.7 Å². The molecule has 25 heteroatoms. The van der Waals surface area contributed by atoms with Gasteiger partial charge < -0.3 is 25.0 Å². The smallest absolute Gasteiger partial charge is 0.406 e. The predicted octanol–water partition coefficient (Wildman–Crippen LogP) is 15.5. The molecule has 0 radical (unpaired) electrons. The van der Waals surface area contributed by atoms with Crippen LogP contribution in [0.1, 0.15) is 89.6 Å². The summed E-state index contributed by atoms with van der Waals surface area (Å²) in [4.78, 5) is 16.5. The summed E-state index contributed by atoms with van der Waals surface area (Å²) in [7, 11) is 0. The topological polar surface area (TPSA) is 156 Å². The first-order valence-corrected chi connectivity index (χ1v) is 29.0. The fourth-order valence-corrected chi connectivity index (χ4v) is 12.6. The van der Waals surface area contributed by atoms with Crippen molar-refractivity contribution in [1.29, 1.82) is 0 Å². The lowest BCUT2D eigenvalue weighted by molar-refractivity contribution is -0.275. The number of aromatic nitrogens is 3. The second-order valence-electron chi connectivity index (χ2n) is 20.3. The lowest BCUT2D eigenvalue weighted by atomic mass is 9.84. The molecule has 86 heavy (non-hydrogen) atoms. The lowest BCUT2D eigenvalue weighted by Gasteiger charge is -2.44. The highest BCUT2D eigenvalue weighted by Crippen LogP contribution is 2.48. The van der Waals surface area contributed by atoms with Crippen LogP contribution in [0.2, 0.25) is 0 Å². The highest BCUT2D eigenvalue weighted by molar-refractivity contribution is 8.14. The summed E-state index contributed by atoms with van der Waals surface area (Å²) in [6.45, 7) is 12.0. The Bertz CT molecular complexity index is 3690. The van der Waals surface area contributed by atoms with Crippen molar-refractivity contribution in [2.75, 3.05) is 21.3 Å². The Kier molecular flexibility index (Phi) is 19.1. The van der Waals surface area contributed by atoms with Crippen LogP contribution in [0.15, 0.2) is 158 Å². The van der Waals surface area contributed by atoms with Crippen molar-refractivity contribution < 1.29 is 49.0 Å². The monoisotopic (exact) mass is 1220 g/mol. The Balaban J connectivity index is 0.967. The van der Waals surface area contributed by atoms with Gasteiger partial charge in [-0.05, 0) is 135 Å². The van der Waals surface area contributed by atoms with Crippen molar-refractivity contribution in [2.45, 2.75) is 97.7 Å². The zero-order valence-corrected chi connectivity index (χ0v) is 48.8. The van der Waals surface area contributed by atoms with Crippen molar-refractivity contribution in [3.05, 3.63) is 178 Å². The molecule has 1 aromatic heterocycles. The molecule has 0 spiro atoms. The summed E-state index contributed by atoms with van der Waals surface area (Å²) in [6.07, 6.45) is -7.07. The summed E-state index contributed by atoms with van der Waals surface area (Å²) in [6, 6.07) is 30.7. The highest BCUT2D eigenvalue weighted by atomic mass is 32.2. The molecule has 3 unspecified atom stereocenters. The van der Waals surface area contributed by atoms with Gasteiger partial charge in [-0.1, -0.05) is 109 Å². The van der Waals surface area contributed by atoms with Gasteiger partial charge in [-0.3, -0.25) is 0 Å². The van der Waals surface area contributed by atoms with E-state index in [1.807, 2.05) is 34.6 Å². The molecule has 3 heterocycles. The van der Waals surface area contributed by atoms with Gasteiger partial charge in [0.2, 0.25) is 0 Å². The number of nitrogens with zero attached hydrogens (tertiary/aromatic N) is 11. The molecule has 9 rings (SSSR count). The minimum absolute atomic E-state index is 0.0715. The molecular formula is C61H57F9N12O2S2. The molecule has 6 aromatic carbocycles. The number of aryl methyl sites for hydroxylation is 3. The molecule has 0 amide bonds. The molecule has 2 N–H and O–H groups in total. The summed E-state index contributed by atoms with van der Waals surface area (Å²) in [5.74, 6) is 0.570. The largest absolute Gasteiger partial charge is 0.573 e. The fraction of sp³-hybridized carbons (Fsp3) is 0.279. The third-order valence-electron chi connectivity index (χ3n) is 14.0. The number of alkyl halides is 9. The fourth-order valence-electron chi connectivity index (χ4n) is 10.2. The van der Waals surface area contributed by atoms with E-state index < -0.39 is 24.5 Å². The minimum atomic E-state index is -4.82. The zero-order valence-electron chi connectivity index (χ0n) is 47.2. The predicted molar refractivity (Wildman–Crippen MR) is 324 cm³/mol. The Morgan fingerprint density at radius 3 is 1.87 bits per heavy atom. The molecule has 3 atom stereocenters. The van der Waals surface area contributed by atoms with Crippen LogP contribution < -0.4 is 25.0 Å². The van der Waals surface area contributed by atoms with Crippen molar-refractivity contribution in [3.8, 4) is 28.6 Å². The number of thioether (sulfide) groups is 2. The number of hydrogen-bond donors (Lipinski definition) is 1. The molecule has 2 aliphatic rings. The molecule has 2 saturated heterocycles. The van der Waals surface area contributed by atoms with E-state index in [9.17, 15) is 26.3 Å².